The Balaban J connectivity index is 1.94. The highest BCUT2D eigenvalue weighted by molar-refractivity contribution is 5.50. The second-order valence-corrected chi connectivity index (χ2v) is 6.58. The Morgan fingerprint density at radius 3 is 2.50 bits per heavy atom. The molecule has 1 fully saturated rings. The van der Waals surface area contributed by atoms with Crippen molar-refractivity contribution in [1.29, 1.82) is 5.26 Å². The molecule has 1 aliphatic heterocycles. The van der Waals surface area contributed by atoms with Crippen molar-refractivity contribution in [3.63, 3.8) is 0 Å². The lowest BCUT2D eigenvalue weighted by molar-refractivity contribution is -0.114. The zero-order valence-electron chi connectivity index (χ0n) is 14.2. The van der Waals surface area contributed by atoms with E-state index in [2.05, 4.69) is 6.07 Å². The largest absolute Gasteiger partial charge is 0.508 e. The number of ether oxygens (including phenoxy) is 1. The average Bonchev–Trinajstić information content (AvgIpc) is 2.64. The lowest BCUT2D eigenvalue weighted by Gasteiger charge is -2.33. The Bertz CT molecular complexity index is 812. The molecule has 6 heteroatoms. The summed E-state index contributed by atoms with van der Waals surface area (Å²) >= 11 is 0. The minimum atomic E-state index is -0.624. The summed E-state index contributed by atoms with van der Waals surface area (Å²) in [7, 11) is 0. The molecule has 0 amide bonds. The minimum Gasteiger partial charge on any atom is -0.508 e. The van der Waals surface area contributed by atoms with Gasteiger partial charge in [0, 0.05) is 18.4 Å². The van der Waals surface area contributed by atoms with Gasteiger partial charge in [-0.25, -0.2) is 0 Å². The van der Waals surface area contributed by atoms with E-state index in [0.29, 0.717) is 30.4 Å². The van der Waals surface area contributed by atoms with E-state index >= 15 is 0 Å². The molecule has 0 aliphatic carbocycles. The van der Waals surface area contributed by atoms with Gasteiger partial charge in [-0.1, -0.05) is 12.1 Å². The van der Waals surface area contributed by atoms with Crippen LogP contribution in [0.2, 0.25) is 0 Å². The number of hydrogen-bond donors (Lipinski definition) is 4. The van der Waals surface area contributed by atoms with Crippen molar-refractivity contribution in [3.05, 3.63) is 58.7 Å². The summed E-state index contributed by atoms with van der Waals surface area (Å²) in [6, 6.07) is 11.9. The Labute approximate surface area is 151 Å². The fraction of sp³-hybridized carbons (Fsp3) is 0.350. The summed E-state index contributed by atoms with van der Waals surface area (Å²) in [5.41, 5.74) is 2.48. The summed E-state index contributed by atoms with van der Waals surface area (Å²) in [4.78, 5) is 0. The molecule has 0 saturated carbocycles. The first-order chi connectivity index (χ1) is 12.5. The number of nitrogens with zero attached hydrogens (tertiary/aromatic N) is 1. The topological polar surface area (TPSA) is 114 Å². The summed E-state index contributed by atoms with van der Waals surface area (Å²) in [6.07, 6.45) is -0.545. The molecule has 6 nitrogen and oxygen atoms in total. The van der Waals surface area contributed by atoms with Crippen molar-refractivity contribution < 1.29 is 25.2 Å². The van der Waals surface area contributed by atoms with Gasteiger partial charge in [0.05, 0.1) is 36.6 Å². The number of benzene rings is 2. The molecule has 26 heavy (non-hydrogen) atoms. The normalized spacial score (nSPS) is 22.7. The maximum Gasteiger partial charge on any atom is 0.122 e. The van der Waals surface area contributed by atoms with Crippen LogP contribution in [-0.4, -0.2) is 39.2 Å². The van der Waals surface area contributed by atoms with Crippen LogP contribution in [0.1, 0.15) is 41.2 Å². The zero-order valence-corrected chi connectivity index (χ0v) is 14.2. The number of hydrogen-bond acceptors (Lipinski definition) is 6. The fourth-order valence-electron chi connectivity index (χ4n) is 3.30. The smallest absolute Gasteiger partial charge is 0.122 e. The van der Waals surface area contributed by atoms with Gasteiger partial charge in [0.25, 0.3) is 0 Å². The quantitative estimate of drug-likeness (QED) is 0.668. The molecule has 1 saturated heterocycles. The second-order valence-electron chi connectivity index (χ2n) is 6.58. The van der Waals surface area contributed by atoms with E-state index in [1.807, 2.05) is 0 Å². The first-order valence-corrected chi connectivity index (χ1v) is 8.48. The van der Waals surface area contributed by atoms with Gasteiger partial charge in [-0.2, -0.15) is 5.26 Å². The van der Waals surface area contributed by atoms with Crippen molar-refractivity contribution in [2.45, 2.75) is 37.6 Å². The van der Waals surface area contributed by atoms with E-state index in [9.17, 15) is 25.7 Å². The highest BCUT2D eigenvalue weighted by Crippen LogP contribution is 2.37. The van der Waals surface area contributed by atoms with E-state index in [1.54, 1.807) is 30.3 Å². The molecule has 0 bridgehead atoms. The fourth-order valence-corrected chi connectivity index (χ4v) is 3.30. The lowest BCUT2D eigenvalue weighted by atomic mass is 9.91. The number of aliphatic hydroxyl groups excluding tert-OH is 2. The number of aromatic hydroxyl groups is 2. The van der Waals surface area contributed by atoms with E-state index < -0.39 is 18.3 Å². The maximum absolute atomic E-state index is 10.3. The van der Waals surface area contributed by atoms with Gasteiger partial charge in [0.2, 0.25) is 0 Å². The maximum atomic E-state index is 10.3. The van der Waals surface area contributed by atoms with Gasteiger partial charge >= 0.3 is 0 Å². The van der Waals surface area contributed by atoms with Gasteiger partial charge in [0.15, 0.2) is 0 Å². The lowest BCUT2D eigenvalue weighted by Crippen LogP contribution is -2.33. The highest BCUT2D eigenvalue weighted by Gasteiger charge is 2.31. The van der Waals surface area contributed by atoms with Gasteiger partial charge in [0.1, 0.15) is 11.5 Å². The van der Waals surface area contributed by atoms with Crippen molar-refractivity contribution in [2.75, 3.05) is 6.61 Å². The predicted octanol–water partition coefficient (Wildman–Crippen LogP) is 2.13. The molecule has 1 aliphatic rings. The third-order valence-electron chi connectivity index (χ3n) is 4.63. The number of phenolic OH excluding ortho intramolecular Hbond substituents is 2. The molecule has 4 N–H and O–H groups in total. The first kappa shape index (κ1) is 18.2. The van der Waals surface area contributed by atoms with Crippen LogP contribution < -0.4 is 0 Å². The Morgan fingerprint density at radius 2 is 1.85 bits per heavy atom. The highest BCUT2D eigenvalue weighted by atomic mass is 16.5. The van der Waals surface area contributed by atoms with E-state index in [1.165, 1.54) is 6.07 Å². The van der Waals surface area contributed by atoms with Crippen LogP contribution in [0.15, 0.2) is 36.4 Å². The first-order valence-electron chi connectivity index (χ1n) is 8.48. The van der Waals surface area contributed by atoms with Gasteiger partial charge in [-0.15, -0.1) is 0 Å². The SMILES string of the molecule is N#Cc1cc(O)c(C2CC(O)CC(CO)O2)cc1Cc1ccc(O)cc1. The van der Waals surface area contributed by atoms with Crippen LogP contribution in [0.25, 0.3) is 0 Å². The van der Waals surface area contributed by atoms with Crippen LogP contribution >= 0.6 is 0 Å². The minimum absolute atomic E-state index is 0.0632. The van der Waals surface area contributed by atoms with E-state index in [0.717, 1.165) is 11.1 Å². The Hall–Kier alpha value is -2.59. The number of rotatable bonds is 4. The summed E-state index contributed by atoms with van der Waals surface area (Å²) in [5, 5.41) is 48.5. The summed E-state index contributed by atoms with van der Waals surface area (Å²) in [5.74, 6) is 0.104. The number of phenols is 2. The average molecular weight is 355 g/mol. The molecule has 2 aromatic rings. The molecular formula is C20H21NO5. The second kappa shape index (κ2) is 7.75. The van der Waals surface area contributed by atoms with Gasteiger partial charge in [-0.3, -0.25) is 0 Å². The third kappa shape index (κ3) is 3.97. The predicted molar refractivity (Wildman–Crippen MR) is 93.7 cm³/mol. The molecule has 1 heterocycles. The zero-order chi connectivity index (χ0) is 18.7. The van der Waals surface area contributed by atoms with Crippen LogP contribution in [0.5, 0.6) is 11.5 Å². The van der Waals surface area contributed by atoms with E-state index in [-0.39, 0.29) is 18.1 Å². The van der Waals surface area contributed by atoms with Crippen molar-refractivity contribution in [1.82, 2.24) is 0 Å². The van der Waals surface area contributed by atoms with Crippen LogP contribution in [0.3, 0.4) is 0 Å². The molecule has 136 valence electrons. The van der Waals surface area contributed by atoms with Gasteiger partial charge in [-0.05, 0) is 41.8 Å². The summed E-state index contributed by atoms with van der Waals surface area (Å²) in [6.45, 7) is -0.203. The standard InChI is InChI=1S/C20H21NO5/c21-10-14-7-19(25)18(20-9-16(24)8-17(11-22)26-20)6-13(14)5-12-1-3-15(23)4-2-12/h1-4,6-7,16-17,20,22-25H,5,8-9,11H2. The van der Waals surface area contributed by atoms with Crippen LogP contribution in [-0.2, 0) is 11.2 Å². The molecule has 3 unspecified atom stereocenters. The van der Waals surface area contributed by atoms with Crippen molar-refractivity contribution >= 4 is 0 Å². The number of nitriles is 1. The molecule has 3 atom stereocenters. The van der Waals surface area contributed by atoms with Crippen LogP contribution in [0.4, 0.5) is 0 Å². The molecule has 3 rings (SSSR count). The van der Waals surface area contributed by atoms with E-state index in [4.69, 9.17) is 4.74 Å². The molecule has 2 aromatic carbocycles. The van der Waals surface area contributed by atoms with Crippen molar-refractivity contribution in [2.24, 2.45) is 0 Å². The molecule has 0 radical (unpaired) electrons. The number of aliphatic hydroxyl groups is 2. The molecular weight excluding hydrogens is 334 g/mol. The Kier molecular flexibility index (Phi) is 5.43. The summed E-state index contributed by atoms with van der Waals surface area (Å²) < 4.78 is 5.78. The third-order valence-corrected chi connectivity index (χ3v) is 4.63. The monoisotopic (exact) mass is 355 g/mol. The molecule has 0 spiro atoms. The molecule has 0 aromatic heterocycles. The van der Waals surface area contributed by atoms with Crippen molar-refractivity contribution in [3.8, 4) is 17.6 Å². The van der Waals surface area contributed by atoms with Crippen LogP contribution in [0, 0.1) is 11.3 Å². The Morgan fingerprint density at radius 1 is 1.12 bits per heavy atom. The van der Waals surface area contributed by atoms with Gasteiger partial charge < -0.3 is 25.2 Å².